The molecule has 0 radical (unpaired) electrons. The Labute approximate surface area is 314 Å². The van der Waals surface area contributed by atoms with Crippen LogP contribution in [0.2, 0.25) is 0 Å². The van der Waals surface area contributed by atoms with E-state index in [-0.39, 0.29) is 17.8 Å². The number of aryl methyl sites for hydroxylation is 1. The van der Waals surface area contributed by atoms with Crippen molar-refractivity contribution >= 4 is 23.8 Å². The summed E-state index contributed by atoms with van der Waals surface area (Å²) in [5.41, 5.74) is 5.56. The third-order valence-corrected chi connectivity index (χ3v) is 10.0. The summed E-state index contributed by atoms with van der Waals surface area (Å²) in [4.78, 5) is 66.1. The van der Waals surface area contributed by atoms with Crippen LogP contribution in [0.4, 0.5) is 24.1 Å². The van der Waals surface area contributed by atoms with Gasteiger partial charge in [0, 0.05) is 48.1 Å². The predicted octanol–water partition coefficient (Wildman–Crippen LogP) is 6.54. The van der Waals surface area contributed by atoms with Crippen LogP contribution in [0.3, 0.4) is 0 Å². The minimum Gasteiger partial charge on any atom is -0.453 e. The lowest BCUT2D eigenvalue weighted by atomic mass is 10.0. The number of aromatic nitrogens is 6. The van der Waals surface area contributed by atoms with Crippen molar-refractivity contribution in [1.29, 1.82) is 0 Å². The summed E-state index contributed by atoms with van der Waals surface area (Å²) in [5, 5.41) is 2.70. The van der Waals surface area contributed by atoms with E-state index >= 15 is 0 Å². The molecule has 55 heavy (non-hydrogen) atoms. The molecule has 3 aliphatic rings. The first-order valence-electron chi connectivity index (χ1n) is 18.0. The number of hydrogen-bond acceptors (Lipinski definition) is 9. The SMILES string of the molecule is COC(=O)N[C@H]1CCc2cccc3c2N(C1=O)[C@H](c1nc(-c2ccc(-c4ncc(-c5cnc(C6CC(F)(F)CN6C(=O)OC(C)(C)C)[nH]5)cn4)cc2)c[nH]1)C3. The second-order valence-corrected chi connectivity index (χ2v) is 15.0. The van der Waals surface area contributed by atoms with Crippen molar-refractivity contribution in [3.8, 4) is 33.9 Å². The number of likely N-dealkylation sites (tertiary alicyclic amines) is 1. The summed E-state index contributed by atoms with van der Waals surface area (Å²) in [6.45, 7) is 4.29. The van der Waals surface area contributed by atoms with Gasteiger partial charge in [0.25, 0.3) is 5.92 Å². The number of aromatic amines is 2. The highest BCUT2D eigenvalue weighted by Crippen LogP contribution is 2.45. The van der Waals surface area contributed by atoms with Gasteiger partial charge in [-0.1, -0.05) is 42.5 Å². The summed E-state index contributed by atoms with van der Waals surface area (Å²) < 4.78 is 39.1. The molecule has 3 aliphatic heterocycles. The van der Waals surface area contributed by atoms with Gasteiger partial charge in [-0.2, -0.15) is 0 Å². The highest BCUT2D eigenvalue weighted by molar-refractivity contribution is 6.02. The Kier molecular flexibility index (Phi) is 8.85. The van der Waals surface area contributed by atoms with Gasteiger partial charge in [0.05, 0.1) is 49.0 Å². The number of anilines is 1. The third-order valence-electron chi connectivity index (χ3n) is 10.0. The Balaban J connectivity index is 0.968. The Morgan fingerprint density at radius 2 is 1.67 bits per heavy atom. The molecule has 0 bridgehead atoms. The standard InChI is InChI=1S/C39H39F2N9O5/c1-38(2,3)55-37(53)49-20-39(40,41)15-30(49)34-45-19-28(47-34)25-16-42-32(43-17-25)23-10-8-21(9-11-23)27-18-44-33(46-27)29-14-24-7-5-6-22-12-13-26(48-36(52)54-4)35(51)50(29)31(22)24/h5-11,16-19,26,29-30H,12-15,20H2,1-4H3,(H,44,46)(H,45,47)(H,48,52)/t26-,29-,30?/m0/s1. The number of methoxy groups -OCH3 is 1. The van der Waals surface area contributed by atoms with E-state index in [1.54, 1.807) is 38.1 Å². The molecule has 1 saturated heterocycles. The molecule has 3 N–H and O–H groups in total. The normalized spacial score (nSPS) is 20.3. The van der Waals surface area contributed by atoms with E-state index in [4.69, 9.17) is 14.5 Å². The highest BCUT2D eigenvalue weighted by atomic mass is 19.3. The Hall–Kier alpha value is -6.19. The molecule has 0 spiro atoms. The highest BCUT2D eigenvalue weighted by Gasteiger charge is 2.50. The Morgan fingerprint density at radius 3 is 2.40 bits per heavy atom. The van der Waals surface area contributed by atoms with E-state index in [2.05, 4.69) is 30.2 Å². The zero-order valence-electron chi connectivity index (χ0n) is 30.6. The number of carbonyl (C=O) groups is 3. The largest absolute Gasteiger partial charge is 0.453 e. The molecule has 6 heterocycles. The van der Waals surface area contributed by atoms with Gasteiger partial charge in [0.1, 0.15) is 23.3 Å². The van der Waals surface area contributed by atoms with Gasteiger partial charge in [-0.25, -0.2) is 38.3 Å². The number of carbonyl (C=O) groups excluding carboxylic acids is 3. The van der Waals surface area contributed by atoms with Crippen molar-refractivity contribution in [2.75, 3.05) is 18.6 Å². The fourth-order valence-electron chi connectivity index (χ4n) is 7.47. The number of nitrogens with one attached hydrogen (secondary N) is 3. The van der Waals surface area contributed by atoms with Crippen LogP contribution in [0, 0.1) is 0 Å². The second kappa shape index (κ2) is 13.6. The van der Waals surface area contributed by atoms with E-state index in [0.29, 0.717) is 47.9 Å². The molecule has 2 aromatic carbocycles. The number of para-hydroxylation sites is 1. The summed E-state index contributed by atoms with van der Waals surface area (Å²) >= 11 is 0. The molecule has 8 rings (SSSR count). The third kappa shape index (κ3) is 6.99. The number of alkyl carbamates (subject to hydrolysis) is 1. The van der Waals surface area contributed by atoms with Gasteiger partial charge < -0.3 is 24.8 Å². The molecular weight excluding hydrogens is 712 g/mol. The molecule has 14 nitrogen and oxygen atoms in total. The fourth-order valence-corrected chi connectivity index (χ4v) is 7.47. The van der Waals surface area contributed by atoms with Crippen molar-refractivity contribution < 1.29 is 32.6 Å². The maximum absolute atomic E-state index is 14.5. The van der Waals surface area contributed by atoms with Gasteiger partial charge >= 0.3 is 12.2 Å². The van der Waals surface area contributed by atoms with E-state index in [1.165, 1.54) is 13.3 Å². The Bertz CT molecular complexity index is 2270. The number of nitrogens with zero attached hydrogens (tertiary/aromatic N) is 6. The molecule has 3 aromatic heterocycles. The van der Waals surface area contributed by atoms with Crippen LogP contribution in [0.15, 0.2) is 67.3 Å². The lowest BCUT2D eigenvalue weighted by Gasteiger charge is -2.27. The molecule has 1 fully saturated rings. The second-order valence-electron chi connectivity index (χ2n) is 15.0. The Morgan fingerprint density at radius 1 is 0.945 bits per heavy atom. The van der Waals surface area contributed by atoms with Crippen LogP contribution >= 0.6 is 0 Å². The topological polar surface area (TPSA) is 171 Å². The van der Waals surface area contributed by atoms with Crippen molar-refractivity contribution in [3.63, 3.8) is 0 Å². The average molecular weight is 752 g/mol. The predicted molar refractivity (Wildman–Crippen MR) is 196 cm³/mol. The number of alkyl halides is 2. The molecule has 16 heteroatoms. The van der Waals surface area contributed by atoms with Gasteiger partial charge in [0.2, 0.25) is 5.91 Å². The van der Waals surface area contributed by atoms with Crippen LogP contribution in [0.1, 0.15) is 68.5 Å². The summed E-state index contributed by atoms with van der Waals surface area (Å²) in [6.07, 6.45) is 6.18. The van der Waals surface area contributed by atoms with Gasteiger partial charge in [-0.3, -0.25) is 14.6 Å². The summed E-state index contributed by atoms with van der Waals surface area (Å²) in [6, 6.07) is 11.6. The molecule has 284 valence electrons. The van der Waals surface area contributed by atoms with E-state index in [0.717, 1.165) is 32.8 Å². The molecule has 5 aromatic rings. The van der Waals surface area contributed by atoms with Crippen molar-refractivity contribution in [1.82, 2.24) is 40.1 Å². The zero-order valence-corrected chi connectivity index (χ0v) is 30.6. The van der Waals surface area contributed by atoms with Crippen molar-refractivity contribution in [2.45, 2.75) is 76.1 Å². The quantitative estimate of drug-likeness (QED) is 0.174. The van der Waals surface area contributed by atoms with Crippen LogP contribution in [0.25, 0.3) is 33.9 Å². The molecule has 3 amide bonds. The zero-order chi connectivity index (χ0) is 38.6. The minimum absolute atomic E-state index is 0.205. The fraction of sp³-hybridized carbons (Fsp3) is 0.359. The summed E-state index contributed by atoms with van der Waals surface area (Å²) in [5.74, 6) is -1.96. The van der Waals surface area contributed by atoms with Crippen LogP contribution in [-0.2, 0) is 27.1 Å². The number of halogens is 2. The molecular formula is C39H39F2N9O5. The number of rotatable bonds is 6. The lowest BCUT2D eigenvalue weighted by molar-refractivity contribution is -0.121. The van der Waals surface area contributed by atoms with Crippen molar-refractivity contribution in [2.24, 2.45) is 0 Å². The monoisotopic (exact) mass is 751 g/mol. The number of hydrogen-bond donors (Lipinski definition) is 3. The number of benzene rings is 2. The van der Waals surface area contributed by atoms with Crippen molar-refractivity contribution in [3.05, 3.63) is 90.0 Å². The first-order valence-corrected chi connectivity index (χ1v) is 18.0. The van der Waals surface area contributed by atoms with E-state index in [1.807, 2.05) is 48.7 Å². The van der Waals surface area contributed by atoms with Gasteiger partial charge in [-0.15, -0.1) is 0 Å². The van der Waals surface area contributed by atoms with Gasteiger partial charge in [-0.05, 0) is 44.7 Å². The van der Waals surface area contributed by atoms with Crippen LogP contribution in [-0.4, -0.2) is 84.1 Å². The average Bonchev–Trinajstić information content (AvgIpc) is 3.96. The maximum atomic E-state index is 14.5. The smallest absolute Gasteiger partial charge is 0.411 e. The van der Waals surface area contributed by atoms with Gasteiger partial charge in [0.15, 0.2) is 5.82 Å². The maximum Gasteiger partial charge on any atom is 0.411 e. The first-order chi connectivity index (χ1) is 26.3. The molecule has 1 unspecified atom stereocenters. The minimum atomic E-state index is -3.08. The van der Waals surface area contributed by atoms with Crippen LogP contribution in [0.5, 0.6) is 0 Å². The first kappa shape index (κ1) is 35.8. The molecule has 0 aliphatic carbocycles. The number of H-pyrrole nitrogens is 2. The number of amides is 3. The van der Waals surface area contributed by atoms with Crippen LogP contribution < -0.4 is 10.2 Å². The lowest BCUT2D eigenvalue weighted by Crippen LogP contribution is -2.48. The molecule has 0 saturated carbocycles. The van der Waals surface area contributed by atoms with E-state index < -0.39 is 48.8 Å². The number of imidazole rings is 2. The molecule has 3 atom stereocenters. The number of ether oxygens (including phenoxy) is 2. The summed E-state index contributed by atoms with van der Waals surface area (Å²) in [7, 11) is 1.28. The van der Waals surface area contributed by atoms with E-state index in [9.17, 15) is 23.2 Å².